The molecule has 0 bridgehead atoms. The first-order valence-electron chi connectivity index (χ1n) is 10.9. The first-order chi connectivity index (χ1) is 15.7. The molecule has 1 heterocycles. The van der Waals surface area contributed by atoms with Gasteiger partial charge in [0.05, 0.1) is 19.0 Å². The molecule has 0 unspecified atom stereocenters. The van der Waals surface area contributed by atoms with Crippen molar-refractivity contribution >= 4 is 17.6 Å². The number of amides is 1. The molecule has 32 heavy (non-hydrogen) atoms. The molecule has 0 saturated heterocycles. The highest BCUT2D eigenvalue weighted by atomic mass is 16.5. The second-order valence-electron chi connectivity index (χ2n) is 7.79. The third kappa shape index (κ3) is 4.82. The minimum atomic E-state index is -0.693. The van der Waals surface area contributed by atoms with Gasteiger partial charge in [-0.25, -0.2) is 9.48 Å². The Morgan fingerprint density at radius 1 is 1.00 bits per heavy atom. The van der Waals surface area contributed by atoms with E-state index in [1.165, 1.54) is 13.5 Å². The van der Waals surface area contributed by atoms with Gasteiger partial charge in [0.15, 0.2) is 12.4 Å². The number of para-hydroxylation sites is 2. The summed E-state index contributed by atoms with van der Waals surface area (Å²) < 4.78 is 12.2. The predicted molar refractivity (Wildman–Crippen MR) is 121 cm³/mol. The van der Waals surface area contributed by atoms with Crippen LogP contribution in [0, 0.1) is 0 Å². The highest BCUT2D eigenvalue weighted by Crippen LogP contribution is 2.28. The monoisotopic (exact) mass is 433 g/mol. The molecular formula is C25H27N3O4. The summed E-state index contributed by atoms with van der Waals surface area (Å²) in [5, 5.41) is 4.31. The molecule has 7 nitrogen and oxygen atoms in total. The lowest BCUT2D eigenvalue weighted by Crippen LogP contribution is -2.43. The molecule has 4 rings (SSSR count). The first-order valence-corrected chi connectivity index (χ1v) is 10.9. The minimum absolute atomic E-state index is 0.0353. The van der Waals surface area contributed by atoms with E-state index >= 15 is 0 Å². The molecule has 1 aliphatic carbocycles. The number of methoxy groups -OCH3 is 1. The third-order valence-corrected chi connectivity index (χ3v) is 5.68. The van der Waals surface area contributed by atoms with Crippen molar-refractivity contribution in [1.29, 1.82) is 0 Å². The number of aromatic nitrogens is 2. The zero-order chi connectivity index (χ0) is 22.3. The van der Waals surface area contributed by atoms with E-state index in [1.54, 1.807) is 15.8 Å². The van der Waals surface area contributed by atoms with Crippen LogP contribution in [0.4, 0.5) is 5.69 Å². The largest absolute Gasteiger partial charge is 0.493 e. The van der Waals surface area contributed by atoms with E-state index in [0.29, 0.717) is 5.75 Å². The van der Waals surface area contributed by atoms with Crippen LogP contribution in [0.1, 0.15) is 42.6 Å². The van der Waals surface area contributed by atoms with Gasteiger partial charge in [-0.3, -0.25) is 4.79 Å². The van der Waals surface area contributed by atoms with Crippen molar-refractivity contribution in [1.82, 2.24) is 9.78 Å². The molecule has 166 valence electrons. The van der Waals surface area contributed by atoms with Crippen LogP contribution in [0.25, 0.3) is 5.69 Å². The predicted octanol–water partition coefficient (Wildman–Crippen LogP) is 4.40. The van der Waals surface area contributed by atoms with Gasteiger partial charge in [0.2, 0.25) is 5.69 Å². The fourth-order valence-electron chi connectivity index (χ4n) is 4.11. The molecule has 1 fully saturated rings. The maximum atomic E-state index is 13.2. The molecule has 3 aromatic rings. The van der Waals surface area contributed by atoms with Crippen molar-refractivity contribution in [3.8, 4) is 11.4 Å². The van der Waals surface area contributed by atoms with Gasteiger partial charge in [-0.1, -0.05) is 55.7 Å². The Morgan fingerprint density at radius 3 is 2.31 bits per heavy atom. The van der Waals surface area contributed by atoms with E-state index in [2.05, 4.69) is 5.10 Å². The van der Waals surface area contributed by atoms with E-state index < -0.39 is 5.97 Å². The second-order valence-corrected chi connectivity index (χ2v) is 7.79. The summed E-state index contributed by atoms with van der Waals surface area (Å²) >= 11 is 0. The van der Waals surface area contributed by atoms with Crippen molar-refractivity contribution in [2.45, 2.75) is 38.1 Å². The Bertz CT molecular complexity index is 1040. The van der Waals surface area contributed by atoms with Gasteiger partial charge in [-0.05, 0) is 37.1 Å². The lowest BCUT2D eigenvalue weighted by Gasteiger charge is -2.34. The van der Waals surface area contributed by atoms with Gasteiger partial charge >= 0.3 is 5.97 Å². The van der Waals surface area contributed by atoms with E-state index in [1.807, 2.05) is 60.7 Å². The zero-order valence-electron chi connectivity index (χ0n) is 18.1. The number of hydrogen-bond acceptors (Lipinski definition) is 5. The summed E-state index contributed by atoms with van der Waals surface area (Å²) in [5.74, 6) is -0.641. The van der Waals surface area contributed by atoms with Gasteiger partial charge in [-0.15, -0.1) is 0 Å². The van der Waals surface area contributed by atoms with Crippen molar-refractivity contribution in [3.63, 3.8) is 0 Å². The summed E-state index contributed by atoms with van der Waals surface area (Å²) in [4.78, 5) is 27.7. The Morgan fingerprint density at radius 2 is 1.66 bits per heavy atom. The Hall–Kier alpha value is -3.61. The van der Waals surface area contributed by atoms with Crippen LogP contribution in [0.2, 0.25) is 0 Å². The number of anilines is 1. The van der Waals surface area contributed by atoms with Crippen molar-refractivity contribution in [2.24, 2.45) is 0 Å². The molecule has 0 aliphatic heterocycles. The number of rotatable bonds is 7. The highest BCUT2D eigenvalue weighted by molar-refractivity contribution is 5.97. The van der Waals surface area contributed by atoms with Crippen LogP contribution < -0.4 is 9.64 Å². The standard InChI is InChI=1S/C25H27N3O4/c1-31-22-17-27(19-11-5-2-6-12-19)26-24(22)25(30)32-18-23(29)28(20-13-7-3-8-14-20)21-15-9-4-10-16-21/h2-3,5-8,11-14,17,21H,4,9-10,15-16,18H2,1H3. The number of hydrogen-bond donors (Lipinski definition) is 0. The maximum Gasteiger partial charge on any atom is 0.363 e. The average Bonchev–Trinajstić information content (AvgIpc) is 3.29. The van der Waals surface area contributed by atoms with E-state index in [-0.39, 0.29) is 24.2 Å². The number of ether oxygens (including phenoxy) is 2. The molecule has 1 amide bonds. The maximum absolute atomic E-state index is 13.2. The van der Waals surface area contributed by atoms with Crippen LogP contribution >= 0.6 is 0 Å². The smallest absolute Gasteiger partial charge is 0.363 e. The van der Waals surface area contributed by atoms with Gasteiger partial charge in [0, 0.05) is 11.7 Å². The number of carbonyl (C=O) groups is 2. The number of carbonyl (C=O) groups excluding carboxylic acids is 2. The first kappa shape index (κ1) is 21.6. The lowest BCUT2D eigenvalue weighted by atomic mass is 9.93. The van der Waals surface area contributed by atoms with Gasteiger partial charge in [0.25, 0.3) is 5.91 Å². The molecule has 1 aliphatic rings. The fourth-order valence-corrected chi connectivity index (χ4v) is 4.11. The summed E-state index contributed by atoms with van der Waals surface area (Å²) in [5.41, 5.74) is 1.65. The summed E-state index contributed by atoms with van der Waals surface area (Å²) in [6.07, 6.45) is 6.89. The van der Waals surface area contributed by atoms with Gasteiger partial charge in [0.1, 0.15) is 0 Å². The Balaban J connectivity index is 1.48. The van der Waals surface area contributed by atoms with Crippen molar-refractivity contribution in [3.05, 3.63) is 72.6 Å². The molecule has 0 radical (unpaired) electrons. The number of benzene rings is 2. The number of nitrogens with zero attached hydrogens (tertiary/aromatic N) is 3. The highest BCUT2D eigenvalue weighted by Gasteiger charge is 2.28. The van der Waals surface area contributed by atoms with E-state index in [9.17, 15) is 9.59 Å². The quantitative estimate of drug-likeness (QED) is 0.516. The molecule has 1 saturated carbocycles. The lowest BCUT2D eigenvalue weighted by molar-refractivity contribution is -0.122. The molecule has 2 aromatic carbocycles. The second kappa shape index (κ2) is 10.1. The van der Waals surface area contributed by atoms with Crippen LogP contribution in [-0.4, -0.2) is 41.4 Å². The van der Waals surface area contributed by atoms with E-state index in [0.717, 1.165) is 37.1 Å². The van der Waals surface area contributed by atoms with Crippen LogP contribution in [0.15, 0.2) is 66.9 Å². The van der Waals surface area contributed by atoms with Crippen LogP contribution in [0.3, 0.4) is 0 Å². The summed E-state index contributed by atoms with van der Waals surface area (Å²) in [6.45, 7) is -0.356. The van der Waals surface area contributed by atoms with Crippen LogP contribution in [-0.2, 0) is 9.53 Å². The molecular weight excluding hydrogens is 406 g/mol. The van der Waals surface area contributed by atoms with Gasteiger partial charge < -0.3 is 14.4 Å². The molecule has 0 N–H and O–H groups in total. The van der Waals surface area contributed by atoms with Gasteiger partial charge in [-0.2, -0.15) is 5.10 Å². The number of esters is 1. The third-order valence-electron chi connectivity index (χ3n) is 5.68. The average molecular weight is 434 g/mol. The van der Waals surface area contributed by atoms with E-state index in [4.69, 9.17) is 9.47 Å². The zero-order valence-corrected chi connectivity index (χ0v) is 18.1. The molecule has 0 spiro atoms. The SMILES string of the molecule is COc1cn(-c2ccccc2)nc1C(=O)OCC(=O)N(c1ccccc1)C1CCCCC1. The summed E-state index contributed by atoms with van der Waals surface area (Å²) in [6, 6.07) is 19.1. The minimum Gasteiger partial charge on any atom is -0.493 e. The topological polar surface area (TPSA) is 73.7 Å². The fraction of sp³-hybridized carbons (Fsp3) is 0.320. The normalized spacial score (nSPS) is 14.0. The van der Waals surface area contributed by atoms with Crippen molar-refractivity contribution < 1.29 is 19.1 Å². The molecule has 7 heteroatoms. The summed E-state index contributed by atoms with van der Waals surface area (Å²) in [7, 11) is 1.47. The van der Waals surface area contributed by atoms with Crippen LogP contribution in [0.5, 0.6) is 5.75 Å². The molecule has 0 atom stereocenters. The molecule has 1 aromatic heterocycles. The Kier molecular flexibility index (Phi) is 6.84. The van der Waals surface area contributed by atoms with Crippen molar-refractivity contribution in [2.75, 3.05) is 18.6 Å². The Labute approximate surface area is 187 Å².